The van der Waals surface area contributed by atoms with Gasteiger partial charge >= 0.3 is 0 Å². The second-order valence-corrected chi connectivity index (χ2v) is 5.76. The largest absolute Gasteiger partial charge is 0.339 e. The van der Waals surface area contributed by atoms with Crippen molar-refractivity contribution in [1.82, 2.24) is 10.1 Å². The van der Waals surface area contributed by atoms with Crippen molar-refractivity contribution < 1.29 is 4.52 Å². The first kappa shape index (κ1) is 13.5. The van der Waals surface area contributed by atoms with Crippen LogP contribution in [0.3, 0.4) is 0 Å². The van der Waals surface area contributed by atoms with Crippen LogP contribution < -0.4 is 5.73 Å². The highest BCUT2D eigenvalue weighted by atomic mass is 16.5. The molecule has 2 rings (SSSR count). The average Bonchev–Trinajstić information content (AvgIpc) is 3.01. The molecule has 2 atom stereocenters. The molecule has 0 spiro atoms. The first-order valence-corrected chi connectivity index (χ1v) is 7.19. The zero-order chi connectivity index (χ0) is 13.2. The van der Waals surface area contributed by atoms with Gasteiger partial charge in [0.05, 0.1) is 5.41 Å². The van der Waals surface area contributed by atoms with Gasteiger partial charge in [-0.1, -0.05) is 25.9 Å². The minimum absolute atomic E-state index is 0.129. The molecule has 1 saturated carbocycles. The maximum Gasteiger partial charge on any atom is 0.234 e. The Bertz CT molecular complexity index is 376. The van der Waals surface area contributed by atoms with Gasteiger partial charge in [0.15, 0.2) is 5.82 Å². The van der Waals surface area contributed by atoms with Gasteiger partial charge < -0.3 is 10.3 Å². The third kappa shape index (κ3) is 2.30. The molecule has 1 fully saturated rings. The van der Waals surface area contributed by atoms with Gasteiger partial charge in [0.2, 0.25) is 5.89 Å². The van der Waals surface area contributed by atoms with Crippen LogP contribution in [0.1, 0.15) is 70.5 Å². The molecule has 102 valence electrons. The van der Waals surface area contributed by atoms with Crippen LogP contribution in [0.25, 0.3) is 0 Å². The predicted octanol–water partition coefficient (Wildman–Crippen LogP) is 2.99. The van der Waals surface area contributed by atoms with E-state index in [1.165, 1.54) is 19.3 Å². The Kier molecular flexibility index (Phi) is 4.05. The monoisotopic (exact) mass is 251 g/mol. The summed E-state index contributed by atoms with van der Waals surface area (Å²) in [6.45, 7) is 7.14. The number of hydrogen-bond acceptors (Lipinski definition) is 4. The molecule has 0 radical (unpaired) electrons. The summed E-state index contributed by atoms with van der Waals surface area (Å²) in [7, 11) is 0. The molecule has 4 nitrogen and oxygen atoms in total. The van der Waals surface area contributed by atoms with Crippen molar-refractivity contribution in [3.05, 3.63) is 11.7 Å². The molecule has 1 aromatic rings. The summed E-state index contributed by atoms with van der Waals surface area (Å²) >= 11 is 0. The van der Waals surface area contributed by atoms with Crippen LogP contribution in [0, 0.1) is 5.92 Å². The molecule has 1 aliphatic rings. The van der Waals surface area contributed by atoms with Crippen LogP contribution in [0.15, 0.2) is 4.52 Å². The molecule has 0 aromatic carbocycles. The molecule has 0 bridgehead atoms. The van der Waals surface area contributed by atoms with Crippen LogP contribution in [0.4, 0.5) is 0 Å². The summed E-state index contributed by atoms with van der Waals surface area (Å²) in [5.74, 6) is 2.91. The SMILES string of the molecule is CCC(CC)(CN)c1nc(C2CCC(C)C2)no1. The van der Waals surface area contributed by atoms with Crippen LogP contribution in [0.2, 0.25) is 0 Å². The van der Waals surface area contributed by atoms with Gasteiger partial charge in [-0.25, -0.2) is 0 Å². The van der Waals surface area contributed by atoms with Crippen LogP contribution in [0.5, 0.6) is 0 Å². The van der Waals surface area contributed by atoms with Crippen LogP contribution in [-0.2, 0) is 5.41 Å². The van der Waals surface area contributed by atoms with Crippen molar-refractivity contribution in [1.29, 1.82) is 0 Å². The summed E-state index contributed by atoms with van der Waals surface area (Å²) in [6, 6.07) is 0. The van der Waals surface area contributed by atoms with E-state index >= 15 is 0 Å². The van der Waals surface area contributed by atoms with E-state index in [1.807, 2.05) is 0 Å². The molecule has 1 aromatic heterocycles. The minimum Gasteiger partial charge on any atom is -0.339 e. The van der Waals surface area contributed by atoms with Crippen molar-refractivity contribution in [2.45, 2.75) is 64.2 Å². The van der Waals surface area contributed by atoms with Crippen molar-refractivity contribution >= 4 is 0 Å². The van der Waals surface area contributed by atoms with E-state index < -0.39 is 0 Å². The second kappa shape index (κ2) is 5.39. The quantitative estimate of drug-likeness (QED) is 0.873. The fourth-order valence-electron chi connectivity index (χ4n) is 2.99. The summed E-state index contributed by atoms with van der Waals surface area (Å²) in [5, 5.41) is 4.20. The highest BCUT2D eigenvalue weighted by Crippen LogP contribution is 2.38. The summed E-state index contributed by atoms with van der Waals surface area (Å²) in [6.07, 6.45) is 5.55. The first-order valence-electron chi connectivity index (χ1n) is 7.19. The molecule has 1 aliphatic carbocycles. The lowest BCUT2D eigenvalue weighted by molar-refractivity contribution is 0.265. The molecule has 18 heavy (non-hydrogen) atoms. The van der Waals surface area contributed by atoms with Gasteiger partial charge in [-0.15, -0.1) is 0 Å². The third-order valence-electron chi connectivity index (χ3n) is 4.70. The van der Waals surface area contributed by atoms with Gasteiger partial charge in [-0.2, -0.15) is 4.98 Å². The van der Waals surface area contributed by atoms with Gasteiger partial charge in [-0.3, -0.25) is 0 Å². The minimum atomic E-state index is -0.129. The summed E-state index contributed by atoms with van der Waals surface area (Å²) in [4.78, 5) is 4.65. The Balaban J connectivity index is 2.19. The van der Waals surface area contributed by atoms with Crippen molar-refractivity contribution in [3.63, 3.8) is 0 Å². The van der Waals surface area contributed by atoms with E-state index in [2.05, 4.69) is 30.9 Å². The Morgan fingerprint density at radius 1 is 1.33 bits per heavy atom. The van der Waals surface area contributed by atoms with E-state index in [-0.39, 0.29) is 5.41 Å². The van der Waals surface area contributed by atoms with Gasteiger partial charge in [-0.05, 0) is 38.0 Å². The molecule has 0 amide bonds. The average molecular weight is 251 g/mol. The number of nitrogens with two attached hydrogens (primary N) is 1. The molecule has 2 unspecified atom stereocenters. The molecular weight excluding hydrogens is 226 g/mol. The topological polar surface area (TPSA) is 64.9 Å². The van der Waals surface area contributed by atoms with E-state index in [1.54, 1.807) is 0 Å². The van der Waals surface area contributed by atoms with E-state index in [4.69, 9.17) is 10.3 Å². The highest BCUT2D eigenvalue weighted by Gasteiger charge is 2.35. The zero-order valence-corrected chi connectivity index (χ0v) is 11.8. The number of aromatic nitrogens is 2. The Morgan fingerprint density at radius 2 is 2.06 bits per heavy atom. The number of nitrogens with zero attached hydrogens (tertiary/aromatic N) is 2. The number of rotatable bonds is 5. The molecule has 0 aliphatic heterocycles. The Morgan fingerprint density at radius 3 is 2.56 bits per heavy atom. The number of hydrogen-bond donors (Lipinski definition) is 1. The van der Waals surface area contributed by atoms with Crippen molar-refractivity contribution in [2.24, 2.45) is 11.7 Å². The predicted molar refractivity (Wildman–Crippen MR) is 71.4 cm³/mol. The Labute approximate surface area is 109 Å². The molecule has 1 heterocycles. The lowest BCUT2D eigenvalue weighted by Gasteiger charge is -2.25. The van der Waals surface area contributed by atoms with E-state index in [9.17, 15) is 0 Å². The second-order valence-electron chi connectivity index (χ2n) is 5.76. The fraction of sp³-hybridized carbons (Fsp3) is 0.857. The maximum absolute atomic E-state index is 5.92. The van der Waals surface area contributed by atoms with Crippen LogP contribution in [-0.4, -0.2) is 16.7 Å². The highest BCUT2D eigenvalue weighted by molar-refractivity contribution is 5.08. The van der Waals surface area contributed by atoms with Gasteiger partial charge in [0.1, 0.15) is 0 Å². The first-order chi connectivity index (χ1) is 8.65. The van der Waals surface area contributed by atoms with Crippen molar-refractivity contribution in [2.75, 3.05) is 6.54 Å². The van der Waals surface area contributed by atoms with Gasteiger partial charge in [0.25, 0.3) is 0 Å². The van der Waals surface area contributed by atoms with Crippen molar-refractivity contribution in [3.8, 4) is 0 Å². The van der Waals surface area contributed by atoms with E-state index in [0.29, 0.717) is 12.5 Å². The molecule has 4 heteroatoms. The lowest BCUT2D eigenvalue weighted by Crippen LogP contribution is -2.34. The Hall–Kier alpha value is -0.900. The maximum atomic E-state index is 5.92. The van der Waals surface area contributed by atoms with Gasteiger partial charge in [0, 0.05) is 12.5 Å². The molecular formula is C14H25N3O. The van der Waals surface area contributed by atoms with E-state index in [0.717, 1.165) is 30.5 Å². The smallest absolute Gasteiger partial charge is 0.234 e. The molecule has 0 saturated heterocycles. The lowest BCUT2D eigenvalue weighted by atomic mass is 9.82. The fourth-order valence-corrected chi connectivity index (χ4v) is 2.99. The third-order valence-corrected chi connectivity index (χ3v) is 4.70. The zero-order valence-electron chi connectivity index (χ0n) is 11.8. The molecule has 2 N–H and O–H groups in total. The normalized spacial score (nSPS) is 24.7. The standard InChI is InChI=1S/C14H25N3O/c1-4-14(5-2,9-15)13-16-12(17-18-13)11-7-6-10(3)8-11/h10-11H,4-9,15H2,1-3H3. The summed E-state index contributed by atoms with van der Waals surface area (Å²) in [5.41, 5.74) is 5.79. The van der Waals surface area contributed by atoms with Crippen LogP contribution >= 0.6 is 0 Å². The summed E-state index contributed by atoms with van der Waals surface area (Å²) < 4.78 is 5.51.